The molecule has 4 heterocycles. The van der Waals surface area contributed by atoms with Crippen LogP contribution in [0.2, 0.25) is 0 Å². The van der Waals surface area contributed by atoms with Gasteiger partial charge in [0.05, 0.1) is 11.1 Å². The predicted octanol–water partition coefficient (Wildman–Crippen LogP) is 3.75. The molecule has 0 radical (unpaired) electrons. The summed E-state index contributed by atoms with van der Waals surface area (Å²) in [5, 5.41) is 9.69. The second kappa shape index (κ2) is 8.72. The molecule has 160 valence electrons. The first-order chi connectivity index (χ1) is 14.9. The Kier molecular flexibility index (Phi) is 5.85. The number of fused-ring (bicyclic) bond motifs is 1. The van der Waals surface area contributed by atoms with Crippen molar-refractivity contribution in [3.8, 4) is 11.3 Å². The maximum atomic E-state index is 13.0. The molecule has 2 N–H and O–H groups in total. The second-order valence-corrected chi connectivity index (χ2v) is 8.42. The number of nitrogens with zero attached hydrogens (tertiary/aromatic N) is 5. The summed E-state index contributed by atoms with van der Waals surface area (Å²) in [6, 6.07) is 7.10. The summed E-state index contributed by atoms with van der Waals surface area (Å²) in [4.78, 5) is 30.2. The summed E-state index contributed by atoms with van der Waals surface area (Å²) in [6.07, 6.45) is 3.81. The van der Waals surface area contributed by atoms with E-state index in [0.29, 0.717) is 27.7 Å². The maximum Gasteiger partial charge on any atom is 0.321 e. The first-order valence-electron chi connectivity index (χ1n) is 9.56. The summed E-state index contributed by atoms with van der Waals surface area (Å²) in [5.41, 5.74) is 1.57. The number of hydrogen-bond acceptors (Lipinski definition) is 8. The Labute approximate surface area is 181 Å². The van der Waals surface area contributed by atoms with Gasteiger partial charge in [-0.15, -0.1) is 0 Å². The zero-order chi connectivity index (χ0) is 21.8. The fourth-order valence-electron chi connectivity index (χ4n) is 2.66. The molecule has 0 spiro atoms. The number of aromatic nitrogens is 5. The molecule has 0 aliphatic heterocycles. The lowest BCUT2D eigenvalue weighted by Crippen LogP contribution is -2.30. The number of alkyl halides is 1. The SMILES string of the molecule is CC(C)(CF)c1nc(CCNC(=O)Nc2nc3ccc(-c4cccnc4)nc3s2)no1. The van der Waals surface area contributed by atoms with Crippen molar-refractivity contribution in [3.05, 3.63) is 48.4 Å². The van der Waals surface area contributed by atoms with Gasteiger partial charge in [-0.1, -0.05) is 16.5 Å². The number of halogens is 1. The number of rotatable bonds is 7. The van der Waals surface area contributed by atoms with Gasteiger partial charge >= 0.3 is 6.03 Å². The fraction of sp³-hybridized carbons (Fsp3) is 0.300. The molecule has 0 unspecified atom stereocenters. The molecule has 0 saturated heterocycles. The first-order valence-corrected chi connectivity index (χ1v) is 10.4. The Morgan fingerprint density at radius 3 is 2.87 bits per heavy atom. The van der Waals surface area contributed by atoms with Crippen LogP contribution in [0.5, 0.6) is 0 Å². The summed E-state index contributed by atoms with van der Waals surface area (Å²) in [6.45, 7) is 3.05. The van der Waals surface area contributed by atoms with E-state index >= 15 is 0 Å². The maximum absolute atomic E-state index is 13.0. The van der Waals surface area contributed by atoms with Crippen LogP contribution in [0.3, 0.4) is 0 Å². The monoisotopic (exact) mass is 441 g/mol. The molecule has 4 rings (SSSR count). The van der Waals surface area contributed by atoms with Crippen LogP contribution in [-0.4, -0.2) is 44.3 Å². The lowest BCUT2D eigenvalue weighted by molar-refractivity contribution is 0.252. The third-order valence-corrected chi connectivity index (χ3v) is 5.33. The molecule has 0 fully saturated rings. The van der Waals surface area contributed by atoms with Gasteiger partial charge in [0, 0.05) is 30.9 Å². The van der Waals surface area contributed by atoms with E-state index in [-0.39, 0.29) is 12.4 Å². The molecule has 31 heavy (non-hydrogen) atoms. The number of amides is 2. The van der Waals surface area contributed by atoms with Gasteiger partial charge in [0.1, 0.15) is 17.0 Å². The molecule has 9 nitrogen and oxygen atoms in total. The van der Waals surface area contributed by atoms with Crippen molar-refractivity contribution in [3.63, 3.8) is 0 Å². The molecular weight excluding hydrogens is 421 g/mol. The standard InChI is InChI=1S/C20H20FN7O2S/c1-20(2,11-21)17-26-15(28-30-17)7-9-23-18(29)27-19-25-14-6-5-13(24-16(14)31-19)12-4-3-8-22-10-12/h3-6,8,10H,7,9,11H2,1-2H3,(H2,23,25,27,29). The van der Waals surface area contributed by atoms with E-state index in [1.54, 1.807) is 26.2 Å². The molecule has 2 amide bonds. The summed E-state index contributed by atoms with van der Waals surface area (Å²) in [5.74, 6) is 0.644. The molecule has 0 atom stereocenters. The van der Waals surface area contributed by atoms with Gasteiger partial charge in [0.25, 0.3) is 0 Å². The lowest BCUT2D eigenvalue weighted by Gasteiger charge is -2.13. The predicted molar refractivity (Wildman–Crippen MR) is 115 cm³/mol. The second-order valence-electron chi connectivity index (χ2n) is 7.45. The average molecular weight is 441 g/mol. The van der Waals surface area contributed by atoms with Crippen molar-refractivity contribution >= 4 is 32.8 Å². The van der Waals surface area contributed by atoms with Gasteiger partial charge in [-0.05, 0) is 38.1 Å². The number of carbonyl (C=O) groups is 1. The van der Waals surface area contributed by atoms with Crippen LogP contribution in [0.25, 0.3) is 21.6 Å². The zero-order valence-corrected chi connectivity index (χ0v) is 17.7. The molecule has 0 saturated carbocycles. The van der Waals surface area contributed by atoms with Crippen LogP contribution in [0, 0.1) is 0 Å². The van der Waals surface area contributed by atoms with E-state index in [0.717, 1.165) is 11.3 Å². The van der Waals surface area contributed by atoms with Crippen molar-refractivity contribution in [1.82, 2.24) is 30.4 Å². The van der Waals surface area contributed by atoms with Crippen LogP contribution < -0.4 is 10.6 Å². The number of hydrogen-bond donors (Lipinski definition) is 2. The Bertz CT molecular complexity index is 1190. The summed E-state index contributed by atoms with van der Waals surface area (Å²) < 4.78 is 18.1. The number of urea groups is 1. The molecule has 4 aromatic heterocycles. The van der Waals surface area contributed by atoms with Gasteiger partial charge in [-0.2, -0.15) is 4.98 Å². The minimum absolute atomic E-state index is 0.238. The number of carbonyl (C=O) groups excluding carboxylic acids is 1. The molecule has 0 aliphatic rings. The summed E-state index contributed by atoms with van der Waals surface area (Å²) in [7, 11) is 0. The smallest absolute Gasteiger partial charge is 0.321 e. The van der Waals surface area contributed by atoms with Gasteiger partial charge in [-0.25, -0.2) is 19.2 Å². The number of anilines is 1. The van der Waals surface area contributed by atoms with Crippen LogP contribution >= 0.6 is 11.3 Å². The Hall–Kier alpha value is -3.47. The molecular formula is C20H20FN7O2S. The van der Waals surface area contributed by atoms with Gasteiger partial charge in [-0.3, -0.25) is 10.3 Å². The first kappa shape index (κ1) is 20.8. The van der Waals surface area contributed by atoms with Crippen molar-refractivity contribution < 1.29 is 13.7 Å². The highest BCUT2D eigenvalue weighted by molar-refractivity contribution is 7.21. The quantitative estimate of drug-likeness (QED) is 0.448. The number of thiazole rings is 1. The summed E-state index contributed by atoms with van der Waals surface area (Å²) >= 11 is 1.28. The average Bonchev–Trinajstić information content (AvgIpc) is 3.41. The minimum Gasteiger partial charge on any atom is -0.339 e. The molecule has 0 aromatic carbocycles. The van der Waals surface area contributed by atoms with Crippen LogP contribution in [0.15, 0.2) is 41.2 Å². The topological polar surface area (TPSA) is 119 Å². The fourth-order valence-corrected chi connectivity index (χ4v) is 3.50. The molecule has 4 aromatic rings. The van der Waals surface area contributed by atoms with Gasteiger partial charge in [0.15, 0.2) is 11.0 Å². The van der Waals surface area contributed by atoms with Crippen molar-refractivity contribution in [2.24, 2.45) is 0 Å². The number of pyridine rings is 2. The highest BCUT2D eigenvalue weighted by Gasteiger charge is 2.27. The van der Waals surface area contributed by atoms with E-state index in [1.807, 2.05) is 24.3 Å². The van der Waals surface area contributed by atoms with E-state index in [2.05, 4.69) is 35.7 Å². The normalized spacial score (nSPS) is 11.6. The van der Waals surface area contributed by atoms with E-state index in [4.69, 9.17) is 4.52 Å². The zero-order valence-electron chi connectivity index (χ0n) is 16.9. The number of nitrogens with one attached hydrogen (secondary N) is 2. The third-order valence-electron chi connectivity index (χ3n) is 4.45. The van der Waals surface area contributed by atoms with Gasteiger partial charge < -0.3 is 9.84 Å². The molecule has 0 bridgehead atoms. The van der Waals surface area contributed by atoms with Crippen molar-refractivity contribution in [2.45, 2.75) is 25.7 Å². The van der Waals surface area contributed by atoms with Crippen molar-refractivity contribution in [2.75, 3.05) is 18.5 Å². The molecule has 11 heteroatoms. The van der Waals surface area contributed by atoms with E-state index in [1.165, 1.54) is 11.3 Å². The molecule has 0 aliphatic carbocycles. The van der Waals surface area contributed by atoms with Gasteiger partial charge in [0.2, 0.25) is 5.89 Å². The minimum atomic E-state index is -0.826. The Morgan fingerprint density at radius 2 is 2.10 bits per heavy atom. The highest BCUT2D eigenvalue weighted by Crippen LogP contribution is 2.27. The van der Waals surface area contributed by atoms with E-state index in [9.17, 15) is 9.18 Å². The Balaban J connectivity index is 1.33. The largest absolute Gasteiger partial charge is 0.339 e. The van der Waals surface area contributed by atoms with Crippen LogP contribution in [0.4, 0.5) is 14.3 Å². The third kappa shape index (κ3) is 4.82. The van der Waals surface area contributed by atoms with Crippen LogP contribution in [0.1, 0.15) is 25.6 Å². The highest BCUT2D eigenvalue weighted by atomic mass is 32.1. The van der Waals surface area contributed by atoms with Crippen molar-refractivity contribution in [1.29, 1.82) is 0 Å². The lowest BCUT2D eigenvalue weighted by atomic mass is 9.96. The Morgan fingerprint density at radius 1 is 1.23 bits per heavy atom. The van der Waals surface area contributed by atoms with E-state index < -0.39 is 18.1 Å². The van der Waals surface area contributed by atoms with Crippen LogP contribution in [-0.2, 0) is 11.8 Å².